The van der Waals surface area contributed by atoms with E-state index in [0.717, 1.165) is 4.31 Å². The first-order valence-corrected chi connectivity index (χ1v) is 8.43. The molecule has 0 aromatic heterocycles. The van der Waals surface area contributed by atoms with Gasteiger partial charge in [0.1, 0.15) is 0 Å². The van der Waals surface area contributed by atoms with Gasteiger partial charge in [0, 0.05) is 19.5 Å². The van der Waals surface area contributed by atoms with Crippen molar-refractivity contribution < 1.29 is 31.5 Å². The van der Waals surface area contributed by atoms with E-state index in [2.05, 4.69) is 0 Å². The molecule has 5 nitrogen and oxygen atoms in total. The summed E-state index contributed by atoms with van der Waals surface area (Å²) in [6.45, 7) is 0.373. The van der Waals surface area contributed by atoms with E-state index in [1.165, 1.54) is 0 Å². The summed E-state index contributed by atoms with van der Waals surface area (Å²) in [5, 5.41) is 8.71. The molecule has 23 heavy (non-hydrogen) atoms. The van der Waals surface area contributed by atoms with Crippen LogP contribution in [0.1, 0.15) is 19.3 Å². The molecule has 0 bridgehead atoms. The zero-order valence-electron chi connectivity index (χ0n) is 11.9. The quantitative estimate of drug-likeness (QED) is 0.844. The Morgan fingerprint density at radius 3 is 2.22 bits per heavy atom. The van der Waals surface area contributed by atoms with Gasteiger partial charge in [-0.15, -0.1) is 0 Å². The van der Waals surface area contributed by atoms with Crippen LogP contribution in [0.15, 0.2) is 17.0 Å². The number of carboxylic acids is 1. The number of carboxylic acid groups (broad SMARTS) is 1. The first-order valence-electron chi connectivity index (χ1n) is 6.99. The molecule has 2 fully saturated rings. The fraction of sp³-hybridized carbons (Fsp3) is 0.500. The van der Waals surface area contributed by atoms with Crippen molar-refractivity contribution in [2.75, 3.05) is 13.1 Å². The van der Waals surface area contributed by atoms with Crippen LogP contribution < -0.4 is 0 Å². The first-order chi connectivity index (χ1) is 10.6. The van der Waals surface area contributed by atoms with Gasteiger partial charge in [0.15, 0.2) is 17.5 Å². The molecule has 1 saturated carbocycles. The second kappa shape index (κ2) is 5.20. The largest absolute Gasteiger partial charge is 0.481 e. The van der Waals surface area contributed by atoms with E-state index in [1.807, 2.05) is 0 Å². The minimum absolute atomic E-state index is 0.0399. The summed E-state index contributed by atoms with van der Waals surface area (Å²) in [5.74, 6) is -5.66. The fourth-order valence-electron chi connectivity index (χ4n) is 3.52. The second-order valence-electron chi connectivity index (χ2n) is 6.35. The van der Waals surface area contributed by atoms with Gasteiger partial charge in [-0.2, -0.15) is 4.31 Å². The Kier molecular flexibility index (Phi) is 3.68. The highest BCUT2D eigenvalue weighted by atomic mass is 32.2. The summed E-state index contributed by atoms with van der Waals surface area (Å²) in [4.78, 5) is 9.99. The van der Waals surface area contributed by atoms with Gasteiger partial charge in [0.05, 0.1) is 4.90 Å². The van der Waals surface area contributed by atoms with Crippen molar-refractivity contribution in [1.29, 1.82) is 0 Å². The van der Waals surface area contributed by atoms with E-state index >= 15 is 0 Å². The number of nitrogens with zero attached hydrogens (tertiary/aromatic N) is 1. The normalized spacial score (nSPS) is 21.0. The summed E-state index contributed by atoms with van der Waals surface area (Å²) in [6, 6.07) is 0.930. The number of benzene rings is 1. The number of halogens is 3. The van der Waals surface area contributed by atoms with E-state index in [1.54, 1.807) is 0 Å². The Morgan fingerprint density at radius 1 is 1.22 bits per heavy atom. The van der Waals surface area contributed by atoms with E-state index in [4.69, 9.17) is 5.11 Å². The van der Waals surface area contributed by atoms with Gasteiger partial charge < -0.3 is 5.11 Å². The highest BCUT2D eigenvalue weighted by molar-refractivity contribution is 7.89. The number of rotatable bonds is 4. The van der Waals surface area contributed by atoms with Crippen molar-refractivity contribution in [1.82, 2.24) is 4.31 Å². The molecule has 1 aromatic carbocycles. The van der Waals surface area contributed by atoms with Crippen LogP contribution in [-0.2, 0) is 14.8 Å². The number of aliphatic carboxylic acids is 1. The minimum Gasteiger partial charge on any atom is -0.481 e. The molecular weight excluding hydrogens is 335 g/mol. The Morgan fingerprint density at radius 2 is 1.74 bits per heavy atom. The number of hydrogen-bond acceptors (Lipinski definition) is 3. The Hall–Kier alpha value is -1.61. The lowest BCUT2D eigenvalue weighted by atomic mass is 9.58. The van der Waals surface area contributed by atoms with Crippen LogP contribution >= 0.6 is 0 Å². The molecule has 0 amide bonds. The van der Waals surface area contributed by atoms with Gasteiger partial charge in [0.2, 0.25) is 10.0 Å². The Balaban J connectivity index is 1.69. The Bertz CT molecular complexity index is 743. The van der Waals surface area contributed by atoms with Crippen molar-refractivity contribution >= 4 is 16.0 Å². The zero-order chi connectivity index (χ0) is 17.0. The molecule has 2 aliphatic rings. The van der Waals surface area contributed by atoms with Crippen molar-refractivity contribution in [2.24, 2.45) is 11.3 Å². The summed E-state index contributed by atoms with van der Waals surface area (Å²) < 4.78 is 65.0. The highest BCUT2D eigenvalue weighted by Gasteiger charge is 2.55. The number of sulfonamides is 1. The molecule has 0 unspecified atom stereocenters. The summed E-state index contributed by atoms with van der Waals surface area (Å²) in [6.07, 6.45) is 1.30. The van der Waals surface area contributed by atoms with Gasteiger partial charge in [-0.1, -0.05) is 0 Å². The summed E-state index contributed by atoms with van der Waals surface area (Å²) >= 11 is 0. The standard InChI is InChI=1S/C14H14F3NO4S/c15-10-2-9(3-11(16)13(10)17)23(21,22)18-6-14(7-18)4-8(5-14)1-12(19)20/h2-3,8H,1,4-7H2,(H,19,20). The molecular formula is C14H14F3NO4S. The molecule has 0 atom stereocenters. The van der Waals surface area contributed by atoms with Crippen molar-refractivity contribution in [2.45, 2.75) is 24.2 Å². The topological polar surface area (TPSA) is 74.7 Å². The van der Waals surface area contributed by atoms with Crippen molar-refractivity contribution in [3.8, 4) is 0 Å². The molecule has 1 spiro atoms. The smallest absolute Gasteiger partial charge is 0.303 e. The van der Waals surface area contributed by atoms with Crippen LogP contribution in [0.2, 0.25) is 0 Å². The van der Waals surface area contributed by atoms with Gasteiger partial charge in [0.25, 0.3) is 0 Å². The van der Waals surface area contributed by atoms with Crippen LogP contribution in [0.4, 0.5) is 13.2 Å². The van der Waals surface area contributed by atoms with Crippen LogP contribution in [0, 0.1) is 28.8 Å². The van der Waals surface area contributed by atoms with Gasteiger partial charge in [-0.25, -0.2) is 21.6 Å². The van der Waals surface area contributed by atoms with Crippen molar-refractivity contribution in [3.63, 3.8) is 0 Å². The van der Waals surface area contributed by atoms with Crippen LogP contribution in [0.5, 0.6) is 0 Å². The lowest BCUT2D eigenvalue weighted by molar-refractivity contribution is -0.142. The van der Waals surface area contributed by atoms with Crippen LogP contribution in [0.25, 0.3) is 0 Å². The highest BCUT2D eigenvalue weighted by Crippen LogP contribution is 2.54. The molecule has 1 saturated heterocycles. The van der Waals surface area contributed by atoms with E-state index < -0.39 is 38.3 Å². The van der Waals surface area contributed by atoms with E-state index in [-0.39, 0.29) is 30.8 Å². The maximum atomic E-state index is 13.2. The molecule has 1 aromatic rings. The van der Waals surface area contributed by atoms with Gasteiger partial charge in [-0.3, -0.25) is 4.79 Å². The van der Waals surface area contributed by atoms with Gasteiger partial charge >= 0.3 is 5.97 Å². The van der Waals surface area contributed by atoms with Crippen LogP contribution in [0.3, 0.4) is 0 Å². The van der Waals surface area contributed by atoms with Gasteiger partial charge in [-0.05, 0) is 36.3 Å². The third-order valence-corrected chi connectivity index (χ3v) is 6.29. The molecule has 126 valence electrons. The number of hydrogen-bond donors (Lipinski definition) is 1. The zero-order valence-corrected chi connectivity index (χ0v) is 12.7. The maximum Gasteiger partial charge on any atom is 0.303 e. The average molecular weight is 349 g/mol. The maximum absolute atomic E-state index is 13.2. The number of carbonyl (C=O) groups is 1. The molecule has 1 heterocycles. The molecule has 1 aliphatic heterocycles. The third kappa shape index (κ3) is 2.72. The monoisotopic (exact) mass is 349 g/mol. The molecule has 9 heteroatoms. The second-order valence-corrected chi connectivity index (χ2v) is 8.28. The van der Waals surface area contributed by atoms with Crippen molar-refractivity contribution in [3.05, 3.63) is 29.6 Å². The van der Waals surface area contributed by atoms with Crippen LogP contribution in [-0.4, -0.2) is 36.9 Å². The van der Waals surface area contributed by atoms with E-state index in [0.29, 0.717) is 25.0 Å². The summed E-state index contributed by atoms with van der Waals surface area (Å²) in [7, 11) is -4.08. The third-order valence-electron chi connectivity index (χ3n) is 4.53. The molecule has 1 N–H and O–H groups in total. The lowest BCUT2D eigenvalue weighted by Crippen LogP contribution is -2.63. The Labute approximate surface area is 130 Å². The molecule has 0 radical (unpaired) electrons. The first kappa shape index (κ1) is 16.3. The predicted molar refractivity (Wildman–Crippen MR) is 72.5 cm³/mol. The summed E-state index contributed by atoms with van der Waals surface area (Å²) in [5.41, 5.74) is -0.232. The SMILES string of the molecule is O=C(O)CC1CC2(C1)CN(S(=O)(=O)c1cc(F)c(F)c(F)c1)C2. The molecule has 3 rings (SSSR count). The minimum atomic E-state index is -4.08. The fourth-order valence-corrected chi connectivity index (χ4v) is 5.21. The van der Waals surface area contributed by atoms with E-state index in [9.17, 15) is 26.4 Å². The predicted octanol–water partition coefficient (Wildman–Crippen LogP) is 1.98. The molecule has 1 aliphatic carbocycles. The lowest BCUT2D eigenvalue weighted by Gasteiger charge is -2.58. The average Bonchev–Trinajstić information content (AvgIpc) is 2.35.